The molecule has 0 aliphatic carbocycles. The van der Waals surface area contributed by atoms with Crippen LogP contribution in [-0.2, 0) is 29.2 Å². The molecule has 15 heteroatoms. The van der Waals surface area contributed by atoms with Crippen LogP contribution in [0.15, 0.2) is 48.8 Å². The van der Waals surface area contributed by atoms with E-state index < -0.39 is 50.5 Å². The summed E-state index contributed by atoms with van der Waals surface area (Å²) in [6.07, 6.45) is -2.59. The molecule has 0 saturated carbocycles. The summed E-state index contributed by atoms with van der Waals surface area (Å²) in [7, 11) is -4.35. The van der Waals surface area contributed by atoms with Crippen LogP contribution < -0.4 is 15.3 Å². The Morgan fingerprint density at radius 1 is 1.24 bits per heavy atom. The van der Waals surface area contributed by atoms with Crippen LogP contribution in [0.5, 0.6) is 5.75 Å². The summed E-state index contributed by atoms with van der Waals surface area (Å²) in [6.45, 7) is 4.93. The molecule has 1 saturated heterocycles. The fourth-order valence-electron chi connectivity index (χ4n) is 4.36. The number of benzene rings is 1. The number of ether oxygens (including phenoxy) is 2. The first-order valence-corrected chi connectivity index (χ1v) is 14.8. The molecule has 0 bridgehead atoms. The number of nitrogens with zero attached hydrogens (tertiary/aromatic N) is 3. The van der Waals surface area contributed by atoms with Crippen molar-refractivity contribution in [3.63, 3.8) is 0 Å². The predicted molar refractivity (Wildman–Crippen MR) is 145 cm³/mol. The van der Waals surface area contributed by atoms with Crippen molar-refractivity contribution in [3.05, 3.63) is 54.5 Å². The number of nitrogens with one attached hydrogen (secondary N) is 1. The number of carbonyl (C=O) groups is 1. The summed E-state index contributed by atoms with van der Waals surface area (Å²) in [4.78, 5) is 16.5. The number of para-hydroxylation sites is 1. The minimum Gasteiger partial charge on any atom is -0.464 e. The topological polar surface area (TPSA) is 180 Å². The Balaban J connectivity index is 1.50. The van der Waals surface area contributed by atoms with Gasteiger partial charge in [0.2, 0.25) is 0 Å². The Bertz CT molecular complexity index is 1380. The largest absolute Gasteiger partial charge is 0.464 e. The molecule has 6 atom stereocenters. The molecule has 2 aromatic heterocycles. The van der Waals surface area contributed by atoms with Crippen molar-refractivity contribution < 1.29 is 42.5 Å². The number of esters is 1. The second-order valence-electron chi connectivity index (χ2n) is 9.76. The number of carbonyl (C=O) groups excluding carboxylic acids is 1. The minimum absolute atomic E-state index is 0.0698. The molecule has 4 rings (SSSR count). The summed E-state index contributed by atoms with van der Waals surface area (Å²) in [5.41, 5.74) is 5.84. The second-order valence-corrected chi connectivity index (χ2v) is 11.5. The molecule has 3 heterocycles. The Labute approximate surface area is 236 Å². The van der Waals surface area contributed by atoms with E-state index in [4.69, 9.17) is 24.3 Å². The number of nitrogens with two attached hydrogens (primary N) is 1. The van der Waals surface area contributed by atoms with Gasteiger partial charge in [-0.1, -0.05) is 44.9 Å². The van der Waals surface area contributed by atoms with E-state index in [2.05, 4.69) is 15.2 Å². The quantitative estimate of drug-likeness (QED) is 0.168. The van der Waals surface area contributed by atoms with Crippen LogP contribution in [0, 0.1) is 5.92 Å². The molecule has 0 spiro atoms. The van der Waals surface area contributed by atoms with Crippen molar-refractivity contribution in [3.8, 4) is 5.75 Å². The number of anilines is 1. The van der Waals surface area contributed by atoms with Crippen molar-refractivity contribution in [2.75, 3.05) is 18.9 Å². The van der Waals surface area contributed by atoms with Gasteiger partial charge in [0.25, 0.3) is 5.85 Å². The SMILES string of the molecule is CCC(CC)COC(=O)[C@H](C)NP(=O)(OC[C@H]1O[C@@](F)(c2ccc3c(N)ncnn23)[C@H](O)[C@@H]1O)Oc1ccccc1. The van der Waals surface area contributed by atoms with Crippen LogP contribution in [0.2, 0.25) is 0 Å². The highest BCUT2D eigenvalue weighted by atomic mass is 31.2. The molecular formula is C26H35FN5O8P. The zero-order valence-corrected chi connectivity index (χ0v) is 23.8. The highest BCUT2D eigenvalue weighted by Crippen LogP contribution is 2.47. The first-order chi connectivity index (χ1) is 19.5. The number of aliphatic hydroxyl groups excluding tert-OH is 2. The molecule has 224 valence electrons. The molecule has 0 amide bonds. The monoisotopic (exact) mass is 595 g/mol. The van der Waals surface area contributed by atoms with Gasteiger partial charge in [0.15, 0.2) is 5.82 Å². The lowest BCUT2D eigenvalue weighted by Gasteiger charge is -2.25. The predicted octanol–water partition coefficient (Wildman–Crippen LogP) is 2.72. The number of hydrogen-bond acceptors (Lipinski definition) is 11. The maximum atomic E-state index is 16.1. The zero-order chi connectivity index (χ0) is 29.8. The first-order valence-electron chi connectivity index (χ1n) is 13.3. The van der Waals surface area contributed by atoms with Gasteiger partial charge < -0.3 is 29.9 Å². The van der Waals surface area contributed by atoms with Crippen LogP contribution >= 0.6 is 7.75 Å². The molecule has 1 aliphatic heterocycles. The molecule has 3 aromatic rings. The summed E-state index contributed by atoms with van der Waals surface area (Å²) in [5, 5.41) is 27.8. The summed E-state index contributed by atoms with van der Waals surface area (Å²) in [6, 6.07) is 9.67. The maximum Gasteiger partial charge on any atom is 0.459 e. The van der Waals surface area contributed by atoms with Gasteiger partial charge in [-0.25, -0.2) is 18.5 Å². The molecule has 5 N–H and O–H groups in total. The number of aromatic nitrogens is 3. The average molecular weight is 596 g/mol. The van der Waals surface area contributed by atoms with Crippen LogP contribution in [0.1, 0.15) is 39.3 Å². The number of nitrogen functional groups attached to an aromatic ring is 1. The summed E-state index contributed by atoms with van der Waals surface area (Å²) < 4.78 is 53.0. The Morgan fingerprint density at radius 3 is 2.63 bits per heavy atom. The third kappa shape index (κ3) is 6.69. The smallest absolute Gasteiger partial charge is 0.459 e. The summed E-state index contributed by atoms with van der Waals surface area (Å²) in [5.74, 6) is -3.19. The molecule has 1 aromatic carbocycles. The molecule has 0 radical (unpaired) electrons. The Morgan fingerprint density at radius 2 is 1.95 bits per heavy atom. The number of halogens is 1. The third-order valence-corrected chi connectivity index (χ3v) is 8.58. The zero-order valence-electron chi connectivity index (χ0n) is 22.9. The Hall–Kier alpha value is -3.13. The van der Waals surface area contributed by atoms with Crippen molar-refractivity contribution in [2.24, 2.45) is 5.92 Å². The van der Waals surface area contributed by atoms with E-state index in [9.17, 15) is 19.6 Å². The van der Waals surface area contributed by atoms with Gasteiger partial charge in [-0.05, 0) is 37.1 Å². The molecular weight excluding hydrogens is 560 g/mol. The standard InChI is InChI=1S/C26H35FN5O8P/c1-4-17(5-2)13-37-25(35)16(3)31-41(36,40-18-9-7-6-8-10-18)38-14-20-22(33)23(34)26(27,39-20)21-12-11-19-24(28)29-15-30-32(19)21/h6-12,15-17,20,22-23,33-34H,4-5,13-14H2,1-3H3,(H,31,36)(H2,28,29,30)/t16-,20+,22+,23+,26-,41?/m0/s1. The van der Waals surface area contributed by atoms with Gasteiger partial charge in [-0.2, -0.15) is 10.2 Å². The maximum absolute atomic E-state index is 16.1. The van der Waals surface area contributed by atoms with Crippen molar-refractivity contribution >= 4 is 25.1 Å². The highest BCUT2D eigenvalue weighted by molar-refractivity contribution is 7.52. The van der Waals surface area contributed by atoms with Gasteiger partial charge in [0.05, 0.1) is 13.2 Å². The van der Waals surface area contributed by atoms with E-state index in [1.807, 2.05) is 13.8 Å². The van der Waals surface area contributed by atoms with Gasteiger partial charge in [-0.15, -0.1) is 0 Å². The van der Waals surface area contributed by atoms with Crippen LogP contribution in [0.4, 0.5) is 10.2 Å². The van der Waals surface area contributed by atoms with Crippen LogP contribution in [0.25, 0.3) is 5.52 Å². The van der Waals surface area contributed by atoms with E-state index in [0.29, 0.717) is 0 Å². The van der Waals surface area contributed by atoms with Gasteiger partial charge in [0.1, 0.15) is 47.6 Å². The minimum atomic E-state index is -4.35. The lowest BCUT2D eigenvalue weighted by Crippen LogP contribution is -2.39. The van der Waals surface area contributed by atoms with Gasteiger partial charge in [-0.3, -0.25) is 9.32 Å². The number of rotatable bonds is 13. The van der Waals surface area contributed by atoms with Crippen LogP contribution in [0.3, 0.4) is 0 Å². The van der Waals surface area contributed by atoms with Crippen molar-refractivity contribution in [1.82, 2.24) is 19.7 Å². The third-order valence-electron chi connectivity index (χ3n) is 6.94. The number of alkyl halides is 1. The number of fused-ring (bicyclic) bond motifs is 1. The van der Waals surface area contributed by atoms with E-state index in [1.165, 1.54) is 31.2 Å². The van der Waals surface area contributed by atoms with Gasteiger partial charge in [0, 0.05) is 0 Å². The highest BCUT2D eigenvalue weighted by Gasteiger charge is 2.58. The lowest BCUT2D eigenvalue weighted by atomic mass is 10.0. The average Bonchev–Trinajstić information content (AvgIpc) is 3.49. The fraction of sp³-hybridized carbons (Fsp3) is 0.500. The molecule has 41 heavy (non-hydrogen) atoms. The number of hydrogen-bond donors (Lipinski definition) is 4. The molecule has 1 fully saturated rings. The normalized spacial score (nSPS) is 24.8. The molecule has 1 unspecified atom stereocenters. The molecule has 13 nitrogen and oxygen atoms in total. The van der Waals surface area contributed by atoms with Gasteiger partial charge >= 0.3 is 13.7 Å². The van der Waals surface area contributed by atoms with Crippen molar-refractivity contribution in [1.29, 1.82) is 0 Å². The van der Waals surface area contributed by atoms with E-state index >= 15 is 4.39 Å². The lowest BCUT2D eigenvalue weighted by molar-refractivity contribution is -0.189. The second kappa shape index (κ2) is 12.8. The van der Waals surface area contributed by atoms with E-state index in [0.717, 1.165) is 23.7 Å². The Kier molecular flexibility index (Phi) is 9.62. The summed E-state index contributed by atoms with van der Waals surface area (Å²) >= 11 is 0. The van der Waals surface area contributed by atoms with Crippen LogP contribution in [-0.4, -0.2) is 68.3 Å². The molecule has 1 aliphatic rings. The first kappa shape index (κ1) is 30.8. The fourth-order valence-corrected chi connectivity index (χ4v) is 5.86. The van der Waals surface area contributed by atoms with Crippen molar-refractivity contribution in [2.45, 2.75) is 63.8 Å². The van der Waals surface area contributed by atoms with E-state index in [1.54, 1.807) is 18.2 Å². The number of aliphatic hydroxyl groups is 2. The van der Waals surface area contributed by atoms with E-state index in [-0.39, 0.29) is 35.3 Å².